The molecule has 2 unspecified atom stereocenters. The zero-order valence-corrected chi connectivity index (χ0v) is 46.6. The number of unbranched alkanes of at least 4 members (excludes halogenated alkanes) is 45. The summed E-state index contributed by atoms with van der Waals surface area (Å²) in [7, 11) is 0. The second-order valence-corrected chi connectivity index (χ2v) is 21.4. The fourth-order valence-electron chi connectivity index (χ4n) is 9.69. The van der Waals surface area contributed by atoms with Crippen LogP contribution in [0.15, 0.2) is 24.3 Å². The molecule has 6 heteroatoms. The molecule has 0 spiro atoms. The van der Waals surface area contributed by atoms with Crippen LogP contribution in [0.5, 0.6) is 0 Å². The van der Waals surface area contributed by atoms with E-state index in [9.17, 15) is 19.8 Å². The van der Waals surface area contributed by atoms with Gasteiger partial charge in [0.25, 0.3) is 0 Å². The van der Waals surface area contributed by atoms with Crippen LogP contribution in [0.1, 0.15) is 341 Å². The van der Waals surface area contributed by atoms with Gasteiger partial charge in [0, 0.05) is 12.8 Å². The predicted molar refractivity (Wildman–Crippen MR) is 301 cm³/mol. The highest BCUT2D eigenvalue weighted by Gasteiger charge is 2.18. The maximum absolute atomic E-state index is 12.4. The minimum Gasteiger partial charge on any atom is -0.466 e. The van der Waals surface area contributed by atoms with E-state index in [-0.39, 0.29) is 18.5 Å². The number of aliphatic hydroxyl groups excluding tert-OH is 2. The van der Waals surface area contributed by atoms with Gasteiger partial charge in [-0.1, -0.05) is 295 Å². The van der Waals surface area contributed by atoms with Gasteiger partial charge in [0.2, 0.25) is 5.91 Å². The number of amides is 1. The lowest BCUT2D eigenvalue weighted by atomic mass is 10.0. The van der Waals surface area contributed by atoms with Gasteiger partial charge in [0.15, 0.2) is 0 Å². The first-order valence-electron chi connectivity index (χ1n) is 31.1. The topological polar surface area (TPSA) is 95.9 Å². The number of nitrogens with one attached hydrogen (secondary N) is 1. The third-order valence-electron chi connectivity index (χ3n) is 14.5. The Morgan fingerprint density at radius 3 is 1.03 bits per heavy atom. The summed E-state index contributed by atoms with van der Waals surface area (Å²) in [5.74, 6) is -0.0592. The number of aliphatic hydroxyl groups is 2. The number of hydrogen-bond acceptors (Lipinski definition) is 5. The van der Waals surface area contributed by atoms with Crippen molar-refractivity contribution in [2.75, 3.05) is 13.2 Å². The van der Waals surface area contributed by atoms with Crippen LogP contribution >= 0.6 is 0 Å². The number of esters is 1. The highest BCUT2D eigenvalue weighted by molar-refractivity contribution is 5.76. The smallest absolute Gasteiger partial charge is 0.305 e. The van der Waals surface area contributed by atoms with E-state index in [0.717, 1.165) is 44.9 Å². The van der Waals surface area contributed by atoms with Gasteiger partial charge in [0.1, 0.15) is 0 Å². The van der Waals surface area contributed by atoms with Crippen LogP contribution in [0.3, 0.4) is 0 Å². The van der Waals surface area contributed by atoms with Gasteiger partial charge in [0.05, 0.1) is 25.4 Å². The van der Waals surface area contributed by atoms with Crippen LogP contribution in [0, 0.1) is 0 Å². The third kappa shape index (κ3) is 55.5. The summed E-state index contributed by atoms with van der Waals surface area (Å²) in [6.07, 6.45) is 72.3. The van der Waals surface area contributed by atoms with Crippen molar-refractivity contribution in [3.05, 3.63) is 24.3 Å². The number of hydrogen-bond donors (Lipinski definition) is 3. The standard InChI is InChI=1S/C63H121NO5/c1-3-5-7-9-11-13-15-16-17-18-27-30-33-37-41-45-49-53-57-63(68)69-58-54-50-46-42-38-34-31-28-25-23-21-19-20-22-24-26-29-32-36-40-44-48-52-56-62(67)64-60(59-65)61(66)55-51-47-43-39-35-14-12-10-8-6-4-2/h22,24,51,55,60-61,65-66H,3-21,23,25-50,52-54,56-59H2,1-2H3,(H,64,67)/b24-22-,55-51+. The molecular formula is C63H121NO5. The SMILES string of the molecule is CCCCCCCCCCC/C=C/C(O)C(CO)NC(=O)CCCCCCCCC/C=C\CCCCCCCCCCCCCCOC(=O)CCCCCCCCCCCCCCCCCCCC. The summed E-state index contributed by atoms with van der Waals surface area (Å²) in [6.45, 7) is 4.91. The fraction of sp³-hybridized carbons (Fsp3) is 0.905. The van der Waals surface area contributed by atoms with Crippen molar-refractivity contribution in [1.29, 1.82) is 0 Å². The van der Waals surface area contributed by atoms with Crippen LogP contribution in [0.2, 0.25) is 0 Å². The first-order valence-corrected chi connectivity index (χ1v) is 31.1. The lowest BCUT2D eigenvalue weighted by Crippen LogP contribution is -2.45. The summed E-state index contributed by atoms with van der Waals surface area (Å²) < 4.78 is 5.50. The quantitative estimate of drug-likeness (QED) is 0.0321. The Balaban J connectivity index is 3.38. The summed E-state index contributed by atoms with van der Waals surface area (Å²) >= 11 is 0. The lowest BCUT2D eigenvalue weighted by Gasteiger charge is -2.20. The molecule has 0 heterocycles. The maximum Gasteiger partial charge on any atom is 0.305 e. The predicted octanol–water partition coefficient (Wildman–Crippen LogP) is 19.4. The maximum atomic E-state index is 12.4. The van der Waals surface area contributed by atoms with Gasteiger partial charge in [-0.2, -0.15) is 0 Å². The van der Waals surface area contributed by atoms with Crippen molar-refractivity contribution < 1.29 is 24.5 Å². The second-order valence-electron chi connectivity index (χ2n) is 21.4. The van der Waals surface area contributed by atoms with Gasteiger partial charge < -0.3 is 20.3 Å². The van der Waals surface area contributed by atoms with Crippen molar-refractivity contribution in [2.45, 2.75) is 353 Å². The highest BCUT2D eigenvalue weighted by Crippen LogP contribution is 2.17. The minimum absolute atomic E-state index is 0.0155. The summed E-state index contributed by atoms with van der Waals surface area (Å²) in [5.41, 5.74) is 0. The van der Waals surface area contributed by atoms with Crippen LogP contribution in [0.4, 0.5) is 0 Å². The molecule has 408 valence electrons. The van der Waals surface area contributed by atoms with Crippen molar-refractivity contribution in [3.8, 4) is 0 Å². The molecule has 0 bridgehead atoms. The zero-order chi connectivity index (χ0) is 50.0. The molecular weight excluding hydrogens is 851 g/mol. The fourth-order valence-corrected chi connectivity index (χ4v) is 9.69. The van der Waals surface area contributed by atoms with Crippen LogP contribution in [0.25, 0.3) is 0 Å². The Hall–Kier alpha value is -1.66. The van der Waals surface area contributed by atoms with Gasteiger partial charge in [-0.3, -0.25) is 9.59 Å². The monoisotopic (exact) mass is 972 g/mol. The molecule has 0 saturated heterocycles. The molecule has 0 radical (unpaired) electrons. The first kappa shape index (κ1) is 67.3. The molecule has 0 aliphatic carbocycles. The molecule has 6 nitrogen and oxygen atoms in total. The number of allylic oxidation sites excluding steroid dienone is 3. The lowest BCUT2D eigenvalue weighted by molar-refractivity contribution is -0.143. The van der Waals surface area contributed by atoms with Crippen LogP contribution in [-0.4, -0.2) is 47.4 Å². The van der Waals surface area contributed by atoms with E-state index >= 15 is 0 Å². The van der Waals surface area contributed by atoms with Crippen molar-refractivity contribution in [3.63, 3.8) is 0 Å². The number of rotatable bonds is 58. The van der Waals surface area contributed by atoms with E-state index < -0.39 is 12.1 Å². The molecule has 0 aromatic heterocycles. The van der Waals surface area contributed by atoms with Gasteiger partial charge in [-0.15, -0.1) is 0 Å². The Kier molecular flexibility index (Phi) is 57.5. The first-order chi connectivity index (χ1) is 34.0. The number of ether oxygens (including phenoxy) is 1. The Bertz CT molecular complexity index is 1080. The molecule has 1 amide bonds. The van der Waals surface area contributed by atoms with E-state index in [4.69, 9.17) is 4.74 Å². The third-order valence-corrected chi connectivity index (χ3v) is 14.5. The van der Waals surface area contributed by atoms with E-state index in [1.165, 1.54) is 270 Å². The molecule has 0 fully saturated rings. The molecule has 0 saturated carbocycles. The number of carbonyl (C=O) groups is 2. The normalized spacial score (nSPS) is 12.7. The summed E-state index contributed by atoms with van der Waals surface area (Å²) in [4.78, 5) is 24.5. The highest BCUT2D eigenvalue weighted by atomic mass is 16.5. The largest absolute Gasteiger partial charge is 0.466 e. The molecule has 0 aliphatic rings. The van der Waals surface area contributed by atoms with Gasteiger partial charge >= 0.3 is 5.97 Å². The molecule has 3 N–H and O–H groups in total. The average molecular weight is 973 g/mol. The Morgan fingerprint density at radius 1 is 0.391 bits per heavy atom. The summed E-state index contributed by atoms with van der Waals surface area (Å²) in [5, 5.41) is 23.0. The minimum atomic E-state index is -0.846. The van der Waals surface area contributed by atoms with E-state index in [2.05, 4.69) is 31.3 Å². The molecule has 69 heavy (non-hydrogen) atoms. The Morgan fingerprint density at radius 2 is 0.681 bits per heavy atom. The Labute approximate surface area is 431 Å². The van der Waals surface area contributed by atoms with E-state index in [1.807, 2.05) is 6.08 Å². The average Bonchev–Trinajstić information content (AvgIpc) is 3.35. The second kappa shape index (κ2) is 58.9. The zero-order valence-electron chi connectivity index (χ0n) is 46.6. The van der Waals surface area contributed by atoms with Crippen molar-refractivity contribution in [1.82, 2.24) is 5.32 Å². The van der Waals surface area contributed by atoms with E-state index in [1.54, 1.807) is 6.08 Å². The molecule has 0 aromatic rings. The van der Waals surface area contributed by atoms with Gasteiger partial charge in [-0.25, -0.2) is 0 Å². The molecule has 0 aliphatic heterocycles. The van der Waals surface area contributed by atoms with Crippen LogP contribution in [-0.2, 0) is 14.3 Å². The van der Waals surface area contributed by atoms with Gasteiger partial charge in [-0.05, 0) is 57.8 Å². The van der Waals surface area contributed by atoms with Crippen molar-refractivity contribution in [2.24, 2.45) is 0 Å². The van der Waals surface area contributed by atoms with E-state index in [0.29, 0.717) is 19.4 Å². The van der Waals surface area contributed by atoms with Crippen LogP contribution < -0.4 is 5.32 Å². The summed E-state index contributed by atoms with van der Waals surface area (Å²) in [6, 6.07) is -0.631. The molecule has 0 rings (SSSR count). The molecule has 2 atom stereocenters. The number of carbonyl (C=O) groups excluding carboxylic acids is 2. The molecule has 0 aromatic carbocycles. The van der Waals surface area contributed by atoms with Crippen molar-refractivity contribution >= 4 is 11.9 Å².